The molecule has 0 spiro atoms. The zero-order valence-electron chi connectivity index (χ0n) is 12.6. The number of likely N-dealkylation sites (N-methyl/N-ethyl adjacent to an activating group) is 1. The highest BCUT2D eigenvalue weighted by atomic mass is 16.5. The van der Waals surface area contributed by atoms with Crippen LogP contribution in [0.1, 0.15) is 32.4 Å². The van der Waals surface area contributed by atoms with Gasteiger partial charge in [-0.2, -0.15) is 5.10 Å². The van der Waals surface area contributed by atoms with Gasteiger partial charge in [0.15, 0.2) is 5.75 Å². The van der Waals surface area contributed by atoms with E-state index in [1.54, 1.807) is 13.3 Å². The van der Waals surface area contributed by atoms with Crippen molar-refractivity contribution in [3.63, 3.8) is 0 Å². The van der Waals surface area contributed by atoms with Crippen LogP contribution in [-0.4, -0.2) is 47.5 Å². The molecular weight excluding hydrogens is 242 g/mol. The molecular formula is C14H25N3O2. The maximum absolute atomic E-state index is 11.0. The molecule has 1 saturated carbocycles. The van der Waals surface area contributed by atoms with E-state index in [4.69, 9.17) is 4.74 Å². The van der Waals surface area contributed by atoms with Gasteiger partial charge in [0.05, 0.1) is 19.9 Å². The maximum Gasteiger partial charge on any atom is 0.162 e. The molecule has 108 valence electrons. The summed E-state index contributed by atoms with van der Waals surface area (Å²) in [6.07, 6.45) is 3.79. The molecule has 0 radical (unpaired) electrons. The molecule has 5 heteroatoms. The number of ether oxygens (including phenoxy) is 1. The Bertz CT molecular complexity index is 448. The zero-order valence-corrected chi connectivity index (χ0v) is 12.6. The monoisotopic (exact) mass is 267 g/mol. The van der Waals surface area contributed by atoms with Gasteiger partial charge in [-0.3, -0.25) is 4.68 Å². The number of hydrogen-bond acceptors (Lipinski definition) is 4. The second-order valence-corrected chi connectivity index (χ2v) is 6.22. The van der Waals surface area contributed by atoms with E-state index < -0.39 is 5.60 Å². The number of aromatic nitrogens is 2. The lowest BCUT2D eigenvalue weighted by Crippen LogP contribution is -2.35. The van der Waals surface area contributed by atoms with Crippen LogP contribution in [0, 0.1) is 5.41 Å². The smallest absolute Gasteiger partial charge is 0.162 e. The summed E-state index contributed by atoms with van der Waals surface area (Å²) in [5.74, 6) is 0.678. The highest BCUT2D eigenvalue weighted by molar-refractivity contribution is 5.33. The predicted octanol–water partition coefficient (Wildman–Crippen LogP) is 1.46. The van der Waals surface area contributed by atoms with Crippen molar-refractivity contribution in [1.29, 1.82) is 0 Å². The molecule has 1 N–H and O–H groups in total. The van der Waals surface area contributed by atoms with Gasteiger partial charge < -0.3 is 14.7 Å². The molecule has 1 aliphatic rings. The summed E-state index contributed by atoms with van der Waals surface area (Å²) in [6.45, 7) is 5.63. The third kappa shape index (κ3) is 2.49. The fourth-order valence-electron chi connectivity index (χ4n) is 2.43. The van der Waals surface area contributed by atoms with Gasteiger partial charge in [0, 0.05) is 12.0 Å². The van der Waals surface area contributed by atoms with E-state index in [2.05, 4.69) is 16.9 Å². The van der Waals surface area contributed by atoms with E-state index >= 15 is 0 Å². The molecule has 0 aromatic carbocycles. The van der Waals surface area contributed by atoms with Crippen LogP contribution in [-0.2, 0) is 12.1 Å². The van der Waals surface area contributed by atoms with E-state index in [0.717, 1.165) is 31.6 Å². The first-order valence-corrected chi connectivity index (χ1v) is 6.79. The molecule has 19 heavy (non-hydrogen) atoms. The van der Waals surface area contributed by atoms with Crippen LogP contribution in [0.2, 0.25) is 0 Å². The van der Waals surface area contributed by atoms with Crippen molar-refractivity contribution in [3.8, 4) is 5.75 Å². The Morgan fingerprint density at radius 1 is 1.53 bits per heavy atom. The molecule has 1 heterocycles. The van der Waals surface area contributed by atoms with Gasteiger partial charge >= 0.3 is 0 Å². The van der Waals surface area contributed by atoms with Crippen molar-refractivity contribution in [1.82, 2.24) is 14.7 Å². The van der Waals surface area contributed by atoms with Crippen LogP contribution in [0.4, 0.5) is 0 Å². The molecule has 1 aromatic heterocycles. The number of nitrogens with zero attached hydrogens (tertiary/aromatic N) is 3. The van der Waals surface area contributed by atoms with E-state index in [1.807, 2.05) is 25.7 Å². The Morgan fingerprint density at radius 3 is 2.63 bits per heavy atom. The lowest BCUT2D eigenvalue weighted by atomic mass is 9.84. The lowest BCUT2D eigenvalue weighted by Gasteiger charge is -2.32. The van der Waals surface area contributed by atoms with Gasteiger partial charge in [-0.05, 0) is 33.9 Å². The highest BCUT2D eigenvalue weighted by Crippen LogP contribution is 2.58. The summed E-state index contributed by atoms with van der Waals surface area (Å²) in [4.78, 5) is 2.10. The Hall–Kier alpha value is -1.07. The van der Waals surface area contributed by atoms with Crippen molar-refractivity contribution in [2.24, 2.45) is 5.41 Å². The van der Waals surface area contributed by atoms with Crippen LogP contribution < -0.4 is 4.74 Å². The van der Waals surface area contributed by atoms with Crippen LogP contribution in [0.5, 0.6) is 5.75 Å². The van der Waals surface area contributed by atoms with Crippen molar-refractivity contribution in [2.75, 3.05) is 27.7 Å². The largest absolute Gasteiger partial charge is 0.493 e. The molecule has 1 aromatic rings. The number of rotatable bonds is 6. The van der Waals surface area contributed by atoms with Gasteiger partial charge in [-0.15, -0.1) is 0 Å². The standard InChI is InChI=1S/C14H25N3O2/c1-13(6-7-13)14(2,18)12-11(19-5)10-15-17(12)9-8-16(3)4/h10,18H,6-9H2,1-5H3. The van der Waals surface area contributed by atoms with Gasteiger partial charge in [0.1, 0.15) is 11.3 Å². The first-order chi connectivity index (χ1) is 8.82. The van der Waals surface area contributed by atoms with E-state index in [1.165, 1.54) is 0 Å². The van der Waals surface area contributed by atoms with E-state index in [9.17, 15) is 5.11 Å². The molecule has 0 bridgehead atoms. The molecule has 1 unspecified atom stereocenters. The lowest BCUT2D eigenvalue weighted by molar-refractivity contribution is -0.0228. The third-order valence-corrected chi connectivity index (χ3v) is 4.42. The van der Waals surface area contributed by atoms with Crippen LogP contribution in [0.3, 0.4) is 0 Å². The number of hydrogen-bond donors (Lipinski definition) is 1. The van der Waals surface area contributed by atoms with Gasteiger partial charge in [-0.1, -0.05) is 6.92 Å². The van der Waals surface area contributed by atoms with Gasteiger partial charge in [0.25, 0.3) is 0 Å². The van der Waals surface area contributed by atoms with E-state index in [-0.39, 0.29) is 5.41 Å². The average Bonchev–Trinajstić information content (AvgIpc) is 2.95. The van der Waals surface area contributed by atoms with Crippen LogP contribution in [0.15, 0.2) is 6.20 Å². The van der Waals surface area contributed by atoms with Crippen molar-refractivity contribution >= 4 is 0 Å². The summed E-state index contributed by atoms with van der Waals surface area (Å²) < 4.78 is 7.26. The topological polar surface area (TPSA) is 50.5 Å². The first kappa shape index (κ1) is 14.3. The molecule has 0 aliphatic heterocycles. The molecule has 2 rings (SSSR count). The Balaban J connectivity index is 2.33. The fraction of sp³-hybridized carbons (Fsp3) is 0.786. The highest BCUT2D eigenvalue weighted by Gasteiger charge is 2.55. The molecule has 5 nitrogen and oxygen atoms in total. The molecule has 0 amide bonds. The van der Waals surface area contributed by atoms with Crippen LogP contribution in [0.25, 0.3) is 0 Å². The molecule has 1 aliphatic carbocycles. The first-order valence-electron chi connectivity index (χ1n) is 6.79. The number of aliphatic hydroxyl groups is 1. The minimum absolute atomic E-state index is 0.0593. The van der Waals surface area contributed by atoms with Crippen molar-refractivity contribution in [2.45, 2.75) is 38.8 Å². The van der Waals surface area contributed by atoms with Crippen LogP contribution >= 0.6 is 0 Å². The summed E-state index contributed by atoms with van der Waals surface area (Å²) in [5.41, 5.74) is -0.158. The second kappa shape index (κ2) is 4.80. The minimum Gasteiger partial charge on any atom is -0.493 e. The zero-order chi connectivity index (χ0) is 14.3. The second-order valence-electron chi connectivity index (χ2n) is 6.22. The Morgan fingerprint density at radius 2 is 2.16 bits per heavy atom. The van der Waals surface area contributed by atoms with E-state index in [0.29, 0.717) is 5.75 Å². The third-order valence-electron chi connectivity index (χ3n) is 4.42. The van der Waals surface area contributed by atoms with Gasteiger partial charge in [-0.25, -0.2) is 0 Å². The predicted molar refractivity (Wildman–Crippen MR) is 74.2 cm³/mol. The molecule has 1 fully saturated rings. The number of methoxy groups -OCH3 is 1. The maximum atomic E-state index is 11.0. The SMILES string of the molecule is COc1cnn(CCN(C)C)c1C(C)(O)C1(C)CC1. The summed E-state index contributed by atoms with van der Waals surface area (Å²) >= 11 is 0. The summed E-state index contributed by atoms with van der Waals surface area (Å²) in [6, 6.07) is 0. The summed E-state index contributed by atoms with van der Waals surface area (Å²) in [7, 11) is 5.68. The molecule has 1 atom stereocenters. The molecule has 0 saturated heterocycles. The van der Waals surface area contributed by atoms with Crippen molar-refractivity contribution in [3.05, 3.63) is 11.9 Å². The van der Waals surface area contributed by atoms with Crippen molar-refractivity contribution < 1.29 is 9.84 Å². The average molecular weight is 267 g/mol. The quantitative estimate of drug-likeness (QED) is 0.848. The fourth-order valence-corrected chi connectivity index (χ4v) is 2.43. The Labute approximate surface area is 115 Å². The minimum atomic E-state index is -0.902. The Kier molecular flexibility index (Phi) is 3.62. The normalized spacial score (nSPS) is 20.4. The van der Waals surface area contributed by atoms with Gasteiger partial charge in [0.2, 0.25) is 0 Å². The summed E-state index contributed by atoms with van der Waals surface area (Å²) in [5, 5.41) is 15.3.